The minimum Gasteiger partial charge on any atom is -0.459 e. The topological polar surface area (TPSA) is 108 Å². The van der Waals surface area contributed by atoms with Gasteiger partial charge < -0.3 is 14.8 Å². The molecule has 1 N–H and O–H groups in total. The minimum atomic E-state index is -0.520. The lowest BCUT2D eigenvalue weighted by atomic mass is 9.93. The first-order valence-corrected chi connectivity index (χ1v) is 9.44. The lowest BCUT2D eigenvalue weighted by Crippen LogP contribution is -2.39. The number of esters is 1. The molecule has 1 aliphatic carbocycles. The standard InChI is InChI=1S/C21H22N2O6/c24-20(16-6-10-18(11-7-16)23(26)27)29-19-12-8-17(9-13-19)22-21(25)28-14-15-4-2-1-3-5-15/h1-7,10-11,17,19H,8-9,12-14H2,(H,22,25)/t17-,19+. The van der Waals surface area contributed by atoms with Crippen molar-refractivity contribution in [2.75, 3.05) is 0 Å². The lowest BCUT2D eigenvalue weighted by Gasteiger charge is -2.28. The summed E-state index contributed by atoms with van der Waals surface area (Å²) < 4.78 is 10.7. The number of hydrogen-bond donors (Lipinski definition) is 1. The fourth-order valence-corrected chi connectivity index (χ4v) is 3.20. The number of rotatable bonds is 6. The van der Waals surface area contributed by atoms with Crippen LogP contribution in [0.5, 0.6) is 0 Å². The van der Waals surface area contributed by atoms with Gasteiger partial charge in [-0.05, 0) is 43.4 Å². The molecule has 0 bridgehead atoms. The number of carbonyl (C=O) groups is 2. The fraction of sp³-hybridized carbons (Fsp3) is 0.333. The fourth-order valence-electron chi connectivity index (χ4n) is 3.20. The molecular weight excluding hydrogens is 376 g/mol. The van der Waals surface area contributed by atoms with E-state index in [1.807, 2.05) is 30.3 Å². The van der Waals surface area contributed by atoms with Gasteiger partial charge in [-0.1, -0.05) is 30.3 Å². The quantitative estimate of drug-likeness (QED) is 0.448. The van der Waals surface area contributed by atoms with E-state index in [4.69, 9.17) is 9.47 Å². The summed E-state index contributed by atoms with van der Waals surface area (Å²) in [5.41, 5.74) is 1.12. The second-order valence-corrected chi connectivity index (χ2v) is 6.89. The second kappa shape index (κ2) is 9.68. The zero-order valence-corrected chi connectivity index (χ0v) is 15.8. The van der Waals surface area contributed by atoms with Crippen molar-refractivity contribution >= 4 is 17.7 Å². The number of amides is 1. The van der Waals surface area contributed by atoms with Crippen LogP contribution >= 0.6 is 0 Å². The van der Waals surface area contributed by atoms with E-state index in [1.165, 1.54) is 24.3 Å². The summed E-state index contributed by atoms with van der Waals surface area (Å²) in [5, 5.41) is 13.5. The average molecular weight is 398 g/mol. The van der Waals surface area contributed by atoms with Crippen molar-refractivity contribution in [1.82, 2.24) is 5.32 Å². The molecule has 0 saturated heterocycles. The Balaban J connectivity index is 1.39. The monoisotopic (exact) mass is 398 g/mol. The maximum absolute atomic E-state index is 12.2. The second-order valence-electron chi connectivity index (χ2n) is 6.89. The third kappa shape index (κ3) is 6.03. The summed E-state index contributed by atoms with van der Waals surface area (Å²) in [5.74, 6) is -0.501. The number of alkyl carbamates (subject to hydrolysis) is 1. The van der Waals surface area contributed by atoms with Crippen molar-refractivity contribution in [1.29, 1.82) is 0 Å². The van der Waals surface area contributed by atoms with Gasteiger partial charge in [0.15, 0.2) is 0 Å². The van der Waals surface area contributed by atoms with Crippen molar-refractivity contribution < 1.29 is 24.0 Å². The van der Waals surface area contributed by atoms with Crippen LogP contribution in [0, 0.1) is 10.1 Å². The molecule has 0 unspecified atom stereocenters. The number of nitro benzene ring substituents is 1. The summed E-state index contributed by atoms with van der Waals surface area (Å²) in [6.07, 6.45) is 1.92. The molecule has 1 fully saturated rings. The molecule has 2 aromatic rings. The number of nitrogens with zero attached hydrogens (tertiary/aromatic N) is 1. The number of carbonyl (C=O) groups excluding carboxylic acids is 2. The molecule has 1 saturated carbocycles. The van der Waals surface area contributed by atoms with Crippen molar-refractivity contribution in [2.24, 2.45) is 0 Å². The van der Waals surface area contributed by atoms with Gasteiger partial charge in [-0.25, -0.2) is 9.59 Å². The minimum absolute atomic E-state index is 0.0207. The van der Waals surface area contributed by atoms with Gasteiger partial charge in [0.1, 0.15) is 12.7 Å². The molecule has 1 aliphatic rings. The predicted molar refractivity (Wildman–Crippen MR) is 104 cm³/mol. The van der Waals surface area contributed by atoms with Gasteiger partial charge in [-0.2, -0.15) is 0 Å². The number of ether oxygens (including phenoxy) is 2. The Morgan fingerprint density at radius 3 is 2.28 bits per heavy atom. The molecule has 8 nitrogen and oxygen atoms in total. The number of nitrogens with one attached hydrogen (secondary N) is 1. The highest BCUT2D eigenvalue weighted by molar-refractivity contribution is 5.89. The van der Waals surface area contributed by atoms with Crippen LogP contribution in [-0.4, -0.2) is 29.1 Å². The Labute approximate surface area is 168 Å². The Kier molecular flexibility index (Phi) is 6.78. The van der Waals surface area contributed by atoms with E-state index in [1.54, 1.807) is 0 Å². The van der Waals surface area contributed by atoms with Crippen molar-refractivity contribution in [3.05, 3.63) is 75.8 Å². The number of nitro groups is 1. The largest absolute Gasteiger partial charge is 0.459 e. The summed E-state index contributed by atoms with van der Waals surface area (Å²) in [7, 11) is 0. The van der Waals surface area contributed by atoms with Gasteiger partial charge >= 0.3 is 12.1 Å². The molecule has 0 heterocycles. The van der Waals surface area contributed by atoms with Crippen LogP contribution in [0.2, 0.25) is 0 Å². The molecule has 8 heteroatoms. The van der Waals surface area contributed by atoms with E-state index < -0.39 is 17.0 Å². The number of non-ortho nitro benzene ring substituents is 1. The van der Waals surface area contributed by atoms with Crippen LogP contribution in [0.15, 0.2) is 54.6 Å². The van der Waals surface area contributed by atoms with Gasteiger partial charge in [0, 0.05) is 18.2 Å². The number of hydrogen-bond acceptors (Lipinski definition) is 6. The smallest absolute Gasteiger partial charge is 0.407 e. The van der Waals surface area contributed by atoms with Gasteiger partial charge in [-0.15, -0.1) is 0 Å². The maximum atomic E-state index is 12.2. The van der Waals surface area contributed by atoms with E-state index in [0.29, 0.717) is 25.7 Å². The summed E-state index contributed by atoms with van der Waals surface area (Å²) in [4.78, 5) is 34.3. The van der Waals surface area contributed by atoms with Gasteiger partial charge in [0.25, 0.3) is 5.69 Å². The molecular formula is C21H22N2O6. The predicted octanol–water partition coefficient (Wildman–Crippen LogP) is 3.99. The van der Waals surface area contributed by atoms with Crippen LogP contribution in [0.4, 0.5) is 10.5 Å². The first-order valence-electron chi connectivity index (χ1n) is 9.44. The molecule has 2 aromatic carbocycles. The molecule has 0 aromatic heterocycles. The summed E-state index contributed by atoms with van der Waals surface area (Å²) in [6.45, 7) is 0.217. The third-order valence-corrected chi connectivity index (χ3v) is 4.80. The first kappa shape index (κ1) is 20.3. The zero-order valence-electron chi connectivity index (χ0n) is 15.8. The first-order chi connectivity index (χ1) is 14.0. The molecule has 0 aliphatic heterocycles. The molecule has 0 spiro atoms. The van der Waals surface area contributed by atoms with Crippen molar-refractivity contribution in [3.8, 4) is 0 Å². The van der Waals surface area contributed by atoms with E-state index in [0.717, 1.165) is 5.56 Å². The van der Waals surface area contributed by atoms with E-state index in [9.17, 15) is 19.7 Å². The van der Waals surface area contributed by atoms with Gasteiger partial charge in [0.05, 0.1) is 10.5 Å². The van der Waals surface area contributed by atoms with Gasteiger partial charge in [-0.3, -0.25) is 10.1 Å². The molecule has 152 valence electrons. The molecule has 29 heavy (non-hydrogen) atoms. The lowest BCUT2D eigenvalue weighted by molar-refractivity contribution is -0.384. The van der Waals surface area contributed by atoms with Crippen molar-refractivity contribution in [2.45, 2.75) is 44.4 Å². The highest BCUT2D eigenvalue weighted by atomic mass is 16.6. The number of benzene rings is 2. The van der Waals surface area contributed by atoms with Crippen LogP contribution in [-0.2, 0) is 16.1 Å². The van der Waals surface area contributed by atoms with Crippen molar-refractivity contribution in [3.63, 3.8) is 0 Å². The van der Waals surface area contributed by atoms with Crippen LogP contribution in [0.1, 0.15) is 41.6 Å². The van der Waals surface area contributed by atoms with Gasteiger partial charge in [0.2, 0.25) is 0 Å². The normalized spacial score (nSPS) is 18.5. The summed E-state index contributed by atoms with van der Waals surface area (Å²) >= 11 is 0. The Morgan fingerprint density at radius 1 is 1.00 bits per heavy atom. The van der Waals surface area contributed by atoms with E-state index >= 15 is 0 Å². The summed E-state index contributed by atoms with van der Waals surface area (Å²) in [6, 6.07) is 14.7. The van der Waals surface area contributed by atoms with E-state index in [2.05, 4.69) is 5.32 Å². The Bertz CT molecular complexity index is 845. The molecule has 0 radical (unpaired) electrons. The highest BCUT2D eigenvalue weighted by Gasteiger charge is 2.26. The molecule has 0 atom stereocenters. The Morgan fingerprint density at radius 2 is 1.66 bits per heavy atom. The van der Waals surface area contributed by atoms with Crippen LogP contribution in [0.25, 0.3) is 0 Å². The van der Waals surface area contributed by atoms with Crippen LogP contribution < -0.4 is 5.32 Å². The molecule has 1 amide bonds. The Hall–Kier alpha value is -3.42. The maximum Gasteiger partial charge on any atom is 0.407 e. The third-order valence-electron chi connectivity index (χ3n) is 4.80. The highest BCUT2D eigenvalue weighted by Crippen LogP contribution is 2.23. The SMILES string of the molecule is O=C(N[C@H]1CC[C@@H](OC(=O)c2ccc([N+](=O)[O-])cc2)CC1)OCc1ccccc1. The van der Waals surface area contributed by atoms with Crippen LogP contribution in [0.3, 0.4) is 0 Å². The zero-order chi connectivity index (χ0) is 20.6. The van der Waals surface area contributed by atoms with E-state index in [-0.39, 0.29) is 30.0 Å². The molecule has 3 rings (SSSR count). The average Bonchev–Trinajstić information content (AvgIpc) is 2.74.